The first kappa shape index (κ1) is 12.7. The van der Waals surface area contributed by atoms with Gasteiger partial charge in [-0.15, -0.1) is 0 Å². The SMILES string of the molecule is CCNc1ncnc(OC(C)COC)c1C. The Balaban J connectivity index is 2.76. The van der Waals surface area contributed by atoms with Crippen molar-refractivity contribution in [2.24, 2.45) is 0 Å². The highest BCUT2D eigenvalue weighted by atomic mass is 16.5. The van der Waals surface area contributed by atoms with Crippen molar-refractivity contribution in [2.75, 3.05) is 25.6 Å². The summed E-state index contributed by atoms with van der Waals surface area (Å²) in [4.78, 5) is 8.26. The Kier molecular flexibility index (Phi) is 4.98. The molecule has 0 amide bonds. The summed E-state index contributed by atoms with van der Waals surface area (Å²) in [5.74, 6) is 1.42. The van der Waals surface area contributed by atoms with Crippen molar-refractivity contribution < 1.29 is 9.47 Å². The Morgan fingerprint density at radius 2 is 2.19 bits per heavy atom. The summed E-state index contributed by atoms with van der Waals surface area (Å²) in [5, 5.41) is 3.16. The molecule has 0 radical (unpaired) electrons. The second-order valence-corrected chi connectivity index (χ2v) is 3.57. The van der Waals surface area contributed by atoms with Crippen LogP contribution in [0.5, 0.6) is 5.88 Å². The van der Waals surface area contributed by atoms with Gasteiger partial charge >= 0.3 is 0 Å². The highest BCUT2D eigenvalue weighted by molar-refractivity contribution is 5.47. The summed E-state index contributed by atoms with van der Waals surface area (Å²) in [7, 11) is 1.65. The summed E-state index contributed by atoms with van der Waals surface area (Å²) in [6, 6.07) is 0. The van der Waals surface area contributed by atoms with E-state index in [1.54, 1.807) is 7.11 Å². The van der Waals surface area contributed by atoms with Crippen molar-refractivity contribution in [1.29, 1.82) is 0 Å². The van der Waals surface area contributed by atoms with Gasteiger partial charge in [-0.3, -0.25) is 0 Å². The van der Waals surface area contributed by atoms with Crippen LogP contribution < -0.4 is 10.1 Å². The van der Waals surface area contributed by atoms with E-state index in [1.165, 1.54) is 6.33 Å². The third-order valence-corrected chi connectivity index (χ3v) is 2.10. The van der Waals surface area contributed by atoms with E-state index in [9.17, 15) is 0 Å². The van der Waals surface area contributed by atoms with Crippen molar-refractivity contribution in [1.82, 2.24) is 9.97 Å². The minimum absolute atomic E-state index is 0.0203. The number of hydrogen-bond acceptors (Lipinski definition) is 5. The Bertz CT molecular complexity index is 331. The van der Waals surface area contributed by atoms with Crippen LogP contribution in [0.15, 0.2) is 6.33 Å². The number of hydrogen-bond donors (Lipinski definition) is 1. The second kappa shape index (κ2) is 6.27. The third-order valence-electron chi connectivity index (χ3n) is 2.10. The summed E-state index contributed by atoms with van der Waals surface area (Å²) >= 11 is 0. The van der Waals surface area contributed by atoms with Gasteiger partial charge in [-0.05, 0) is 20.8 Å². The normalized spacial score (nSPS) is 12.2. The maximum absolute atomic E-state index is 5.66. The molecule has 0 saturated carbocycles. The fourth-order valence-electron chi connectivity index (χ4n) is 1.36. The van der Waals surface area contributed by atoms with E-state index < -0.39 is 0 Å². The van der Waals surface area contributed by atoms with Gasteiger partial charge in [0.1, 0.15) is 18.2 Å². The van der Waals surface area contributed by atoms with Gasteiger partial charge in [-0.25, -0.2) is 9.97 Å². The Labute approximate surface area is 96.2 Å². The zero-order chi connectivity index (χ0) is 12.0. The molecule has 1 aromatic rings. The molecular formula is C11H19N3O2. The van der Waals surface area contributed by atoms with Crippen molar-refractivity contribution in [3.8, 4) is 5.88 Å². The van der Waals surface area contributed by atoms with Crippen molar-refractivity contribution >= 4 is 5.82 Å². The predicted octanol–water partition coefficient (Wildman–Crippen LogP) is 1.63. The smallest absolute Gasteiger partial charge is 0.221 e. The van der Waals surface area contributed by atoms with Crippen LogP contribution in [0.1, 0.15) is 19.4 Å². The molecule has 1 unspecified atom stereocenters. The Morgan fingerprint density at radius 3 is 2.81 bits per heavy atom. The highest BCUT2D eigenvalue weighted by Gasteiger charge is 2.10. The van der Waals surface area contributed by atoms with Crippen molar-refractivity contribution in [3.05, 3.63) is 11.9 Å². The van der Waals surface area contributed by atoms with Gasteiger partial charge in [0.05, 0.1) is 12.2 Å². The average Bonchev–Trinajstić information content (AvgIpc) is 2.24. The molecule has 0 aliphatic rings. The molecule has 16 heavy (non-hydrogen) atoms. The number of rotatable bonds is 6. The van der Waals surface area contributed by atoms with Gasteiger partial charge in [0, 0.05) is 13.7 Å². The van der Waals surface area contributed by atoms with Crippen LogP contribution >= 0.6 is 0 Å². The number of anilines is 1. The summed E-state index contributed by atoms with van der Waals surface area (Å²) in [5.41, 5.74) is 0.923. The third kappa shape index (κ3) is 3.34. The van der Waals surface area contributed by atoms with E-state index in [4.69, 9.17) is 9.47 Å². The van der Waals surface area contributed by atoms with E-state index in [1.807, 2.05) is 20.8 Å². The molecule has 1 rings (SSSR count). The van der Waals surface area contributed by atoms with Crippen LogP contribution in [0.4, 0.5) is 5.82 Å². The lowest BCUT2D eigenvalue weighted by atomic mass is 10.3. The molecular weight excluding hydrogens is 206 g/mol. The highest BCUT2D eigenvalue weighted by Crippen LogP contribution is 2.21. The minimum Gasteiger partial charge on any atom is -0.472 e. The number of aromatic nitrogens is 2. The minimum atomic E-state index is -0.0203. The van der Waals surface area contributed by atoms with Gasteiger partial charge in [0.25, 0.3) is 0 Å². The zero-order valence-electron chi connectivity index (χ0n) is 10.3. The molecule has 1 N–H and O–H groups in total. The molecule has 1 aromatic heterocycles. The summed E-state index contributed by atoms with van der Waals surface area (Å²) in [6.45, 7) is 7.27. The number of methoxy groups -OCH3 is 1. The second-order valence-electron chi connectivity index (χ2n) is 3.57. The standard InChI is InChI=1S/C11H19N3O2/c1-5-12-10-9(3)11(14-7-13-10)16-8(2)6-15-4/h7-8H,5-6H2,1-4H3,(H,12,13,14). The summed E-state index contributed by atoms with van der Waals surface area (Å²) in [6.07, 6.45) is 1.48. The Morgan fingerprint density at radius 1 is 1.44 bits per heavy atom. The predicted molar refractivity (Wildman–Crippen MR) is 62.9 cm³/mol. The molecule has 0 fully saturated rings. The van der Waals surface area contributed by atoms with Crippen LogP contribution in [0.25, 0.3) is 0 Å². The molecule has 0 aromatic carbocycles. The van der Waals surface area contributed by atoms with Crippen LogP contribution in [0, 0.1) is 6.92 Å². The fourth-order valence-corrected chi connectivity index (χ4v) is 1.36. The number of ether oxygens (including phenoxy) is 2. The summed E-state index contributed by atoms with van der Waals surface area (Å²) < 4.78 is 10.7. The maximum atomic E-state index is 5.66. The maximum Gasteiger partial charge on any atom is 0.221 e. The fraction of sp³-hybridized carbons (Fsp3) is 0.636. The molecule has 0 aliphatic carbocycles. The van der Waals surface area contributed by atoms with Gasteiger partial charge in [0.2, 0.25) is 5.88 Å². The van der Waals surface area contributed by atoms with Gasteiger partial charge < -0.3 is 14.8 Å². The lowest BCUT2D eigenvalue weighted by Crippen LogP contribution is -2.19. The van der Waals surface area contributed by atoms with E-state index in [-0.39, 0.29) is 6.10 Å². The first-order valence-electron chi connectivity index (χ1n) is 5.40. The van der Waals surface area contributed by atoms with Crippen LogP contribution in [0.2, 0.25) is 0 Å². The molecule has 5 nitrogen and oxygen atoms in total. The molecule has 0 saturated heterocycles. The molecule has 1 atom stereocenters. The lowest BCUT2D eigenvalue weighted by molar-refractivity contribution is 0.0884. The largest absolute Gasteiger partial charge is 0.472 e. The molecule has 0 aliphatic heterocycles. The van der Waals surface area contributed by atoms with Gasteiger partial charge in [0.15, 0.2) is 0 Å². The lowest BCUT2D eigenvalue weighted by Gasteiger charge is -2.15. The van der Waals surface area contributed by atoms with Crippen molar-refractivity contribution in [3.63, 3.8) is 0 Å². The zero-order valence-corrected chi connectivity index (χ0v) is 10.3. The molecule has 0 bridgehead atoms. The first-order valence-corrected chi connectivity index (χ1v) is 5.40. The van der Waals surface area contributed by atoms with E-state index in [0.717, 1.165) is 17.9 Å². The topological polar surface area (TPSA) is 56.3 Å². The van der Waals surface area contributed by atoms with Gasteiger partial charge in [-0.1, -0.05) is 0 Å². The van der Waals surface area contributed by atoms with Crippen LogP contribution in [0.3, 0.4) is 0 Å². The molecule has 5 heteroatoms. The van der Waals surface area contributed by atoms with Crippen LogP contribution in [-0.4, -0.2) is 36.3 Å². The monoisotopic (exact) mass is 225 g/mol. The van der Waals surface area contributed by atoms with E-state index in [0.29, 0.717) is 12.5 Å². The van der Waals surface area contributed by atoms with Gasteiger partial charge in [-0.2, -0.15) is 0 Å². The Hall–Kier alpha value is -1.36. The quantitative estimate of drug-likeness (QED) is 0.797. The number of nitrogens with one attached hydrogen (secondary N) is 1. The van der Waals surface area contributed by atoms with Crippen molar-refractivity contribution in [2.45, 2.75) is 26.9 Å². The van der Waals surface area contributed by atoms with E-state index in [2.05, 4.69) is 15.3 Å². The van der Waals surface area contributed by atoms with Crippen LogP contribution in [-0.2, 0) is 4.74 Å². The van der Waals surface area contributed by atoms with E-state index >= 15 is 0 Å². The first-order chi connectivity index (χ1) is 7.69. The average molecular weight is 225 g/mol. The number of nitrogens with zero attached hydrogens (tertiary/aromatic N) is 2. The molecule has 1 heterocycles. The molecule has 90 valence electrons. The molecule has 0 spiro atoms.